The van der Waals surface area contributed by atoms with Gasteiger partial charge in [0.25, 0.3) is 5.91 Å². The van der Waals surface area contributed by atoms with E-state index in [9.17, 15) is 9.59 Å². The lowest BCUT2D eigenvalue weighted by Gasteiger charge is -2.18. The van der Waals surface area contributed by atoms with Crippen molar-refractivity contribution in [1.29, 1.82) is 0 Å². The summed E-state index contributed by atoms with van der Waals surface area (Å²) in [6.45, 7) is 1.21. The molecule has 0 bridgehead atoms. The Balaban J connectivity index is 1.18. The number of benzene rings is 2. The van der Waals surface area contributed by atoms with E-state index in [0.29, 0.717) is 31.7 Å². The number of amides is 1. The molecule has 2 aliphatic rings. The van der Waals surface area contributed by atoms with E-state index in [2.05, 4.69) is 10.3 Å². The van der Waals surface area contributed by atoms with E-state index in [1.54, 1.807) is 0 Å². The van der Waals surface area contributed by atoms with Gasteiger partial charge in [-0.25, -0.2) is 4.79 Å². The molecule has 0 saturated carbocycles. The summed E-state index contributed by atoms with van der Waals surface area (Å²) in [6.07, 6.45) is 3.28. The predicted octanol–water partition coefficient (Wildman–Crippen LogP) is 3.01. The number of nitrogens with one attached hydrogen (secondary N) is 1. The fourth-order valence-electron chi connectivity index (χ4n) is 4.29. The van der Waals surface area contributed by atoms with Crippen LogP contribution in [-0.4, -0.2) is 43.2 Å². The average Bonchev–Trinajstić information content (AvgIpc) is 3.29. The first-order chi connectivity index (χ1) is 15.7. The first-order valence-electron chi connectivity index (χ1n) is 10.9. The second-order valence-corrected chi connectivity index (χ2v) is 7.94. The number of hydrogen-bond donors (Lipinski definition) is 1. The Morgan fingerprint density at radius 1 is 1.03 bits per heavy atom. The van der Waals surface area contributed by atoms with Gasteiger partial charge in [0.05, 0.1) is 11.1 Å². The van der Waals surface area contributed by atoms with Crippen molar-refractivity contribution in [3.8, 4) is 11.5 Å². The third-order valence-electron chi connectivity index (χ3n) is 5.80. The zero-order valence-corrected chi connectivity index (χ0v) is 17.7. The van der Waals surface area contributed by atoms with Gasteiger partial charge in [0.15, 0.2) is 18.1 Å². The Kier molecular flexibility index (Phi) is 5.62. The summed E-state index contributed by atoms with van der Waals surface area (Å²) in [5, 5.41) is 3.58. The van der Waals surface area contributed by atoms with E-state index < -0.39 is 5.97 Å². The molecule has 0 fully saturated rings. The quantitative estimate of drug-likeness (QED) is 0.603. The van der Waals surface area contributed by atoms with Gasteiger partial charge >= 0.3 is 5.97 Å². The van der Waals surface area contributed by atoms with Crippen molar-refractivity contribution in [2.24, 2.45) is 0 Å². The number of fused-ring (bicyclic) bond motifs is 3. The van der Waals surface area contributed by atoms with E-state index in [1.165, 1.54) is 0 Å². The maximum Gasteiger partial charge on any atom is 0.339 e. The molecule has 3 aromatic rings. The molecule has 5 rings (SSSR count). The number of para-hydroxylation sites is 1. The number of nitrogens with zero attached hydrogens (tertiary/aromatic N) is 1. The van der Waals surface area contributed by atoms with Gasteiger partial charge in [0.2, 0.25) is 0 Å². The summed E-state index contributed by atoms with van der Waals surface area (Å²) in [7, 11) is 0. The van der Waals surface area contributed by atoms with E-state index in [-0.39, 0.29) is 12.5 Å². The van der Waals surface area contributed by atoms with Gasteiger partial charge in [0.1, 0.15) is 13.2 Å². The fourth-order valence-corrected chi connectivity index (χ4v) is 4.29. The van der Waals surface area contributed by atoms with Crippen molar-refractivity contribution < 1.29 is 23.8 Å². The van der Waals surface area contributed by atoms with Crippen LogP contribution in [0.5, 0.6) is 11.5 Å². The second kappa shape index (κ2) is 8.86. The van der Waals surface area contributed by atoms with E-state index in [1.807, 2.05) is 42.5 Å². The SMILES string of the molecule is O=C(COC(=O)c1c2c(nc3ccccc13)CCC2)NCCc1ccc2c(c1)OCCO2. The summed E-state index contributed by atoms with van der Waals surface area (Å²) < 4.78 is 16.5. The smallest absolute Gasteiger partial charge is 0.339 e. The van der Waals surface area contributed by atoms with Gasteiger partial charge in [-0.2, -0.15) is 0 Å². The second-order valence-electron chi connectivity index (χ2n) is 7.94. The number of carbonyl (C=O) groups excluding carboxylic acids is 2. The fraction of sp³-hybridized carbons (Fsp3) is 0.320. The summed E-state index contributed by atoms with van der Waals surface area (Å²) in [5.41, 5.74) is 4.27. The molecule has 1 N–H and O–H groups in total. The van der Waals surface area contributed by atoms with Crippen molar-refractivity contribution in [2.75, 3.05) is 26.4 Å². The zero-order valence-electron chi connectivity index (χ0n) is 17.7. The molecule has 0 radical (unpaired) electrons. The number of carbonyl (C=O) groups is 2. The minimum absolute atomic E-state index is 0.314. The Bertz CT molecular complexity index is 1190. The molecule has 7 heteroatoms. The number of rotatable bonds is 6. The highest BCUT2D eigenvalue weighted by atomic mass is 16.6. The van der Waals surface area contributed by atoms with Crippen molar-refractivity contribution >= 4 is 22.8 Å². The van der Waals surface area contributed by atoms with Gasteiger partial charge in [-0.15, -0.1) is 0 Å². The lowest BCUT2D eigenvalue weighted by molar-refractivity contribution is -0.124. The third-order valence-corrected chi connectivity index (χ3v) is 5.80. The standard InChI is InChI=1S/C25H24N2O5/c28-23(26-11-10-16-8-9-21-22(14-16)31-13-12-30-21)15-32-25(29)24-17-4-1-2-6-19(17)27-20-7-3-5-18(20)24/h1-2,4,6,8-9,14H,3,5,7,10-13,15H2,(H,26,28). The Labute approximate surface area is 185 Å². The monoisotopic (exact) mass is 432 g/mol. The summed E-state index contributed by atoms with van der Waals surface area (Å²) in [5.74, 6) is 0.673. The van der Waals surface area contributed by atoms with Crippen LogP contribution in [0.2, 0.25) is 0 Å². The highest BCUT2D eigenvalue weighted by Gasteiger charge is 2.25. The maximum absolute atomic E-state index is 12.9. The Morgan fingerprint density at radius 3 is 2.78 bits per heavy atom. The van der Waals surface area contributed by atoms with Crippen LogP contribution < -0.4 is 14.8 Å². The van der Waals surface area contributed by atoms with Crippen molar-refractivity contribution in [2.45, 2.75) is 25.7 Å². The van der Waals surface area contributed by atoms with Crippen LogP contribution >= 0.6 is 0 Å². The van der Waals surface area contributed by atoms with Crippen molar-refractivity contribution in [3.63, 3.8) is 0 Å². The van der Waals surface area contributed by atoms with E-state index in [4.69, 9.17) is 14.2 Å². The Hall–Kier alpha value is -3.61. The number of esters is 1. The number of aromatic nitrogens is 1. The normalized spacial score (nSPS) is 14.1. The molecule has 164 valence electrons. The summed E-state index contributed by atoms with van der Waals surface area (Å²) >= 11 is 0. The van der Waals surface area contributed by atoms with Crippen LogP contribution in [0.4, 0.5) is 0 Å². The molecule has 1 aromatic heterocycles. The highest BCUT2D eigenvalue weighted by Crippen LogP contribution is 2.31. The average molecular weight is 432 g/mol. The third kappa shape index (κ3) is 4.10. The number of ether oxygens (including phenoxy) is 3. The van der Waals surface area contributed by atoms with Crippen LogP contribution in [0.25, 0.3) is 10.9 Å². The van der Waals surface area contributed by atoms with Gasteiger partial charge in [-0.05, 0) is 55.0 Å². The van der Waals surface area contributed by atoms with Crippen LogP contribution in [0.1, 0.15) is 33.6 Å². The topological polar surface area (TPSA) is 86.8 Å². The number of aryl methyl sites for hydroxylation is 1. The molecule has 0 atom stereocenters. The molecule has 0 unspecified atom stereocenters. The number of pyridine rings is 1. The van der Waals surface area contributed by atoms with Crippen LogP contribution in [0.15, 0.2) is 42.5 Å². The minimum atomic E-state index is -0.469. The highest BCUT2D eigenvalue weighted by molar-refractivity contribution is 6.05. The van der Waals surface area contributed by atoms with E-state index >= 15 is 0 Å². The molecular formula is C25H24N2O5. The molecule has 2 heterocycles. The summed E-state index contributed by atoms with van der Waals surface area (Å²) in [4.78, 5) is 29.8. The van der Waals surface area contributed by atoms with Gasteiger partial charge < -0.3 is 19.5 Å². The largest absolute Gasteiger partial charge is 0.486 e. The molecule has 1 amide bonds. The predicted molar refractivity (Wildman–Crippen MR) is 118 cm³/mol. The first kappa shape index (κ1) is 20.3. The van der Waals surface area contributed by atoms with Crippen LogP contribution in [0, 0.1) is 0 Å². The van der Waals surface area contributed by atoms with Gasteiger partial charge in [0, 0.05) is 17.6 Å². The minimum Gasteiger partial charge on any atom is -0.486 e. The molecule has 1 aliphatic heterocycles. The first-order valence-corrected chi connectivity index (χ1v) is 10.9. The van der Waals surface area contributed by atoms with Crippen LogP contribution in [0.3, 0.4) is 0 Å². The maximum atomic E-state index is 12.9. The molecular weight excluding hydrogens is 408 g/mol. The lowest BCUT2D eigenvalue weighted by Crippen LogP contribution is -2.30. The van der Waals surface area contributed by atoms with Gasteiger partial charge in [-0.1, -0.05) is 24.3 Å². The van der Waals surface area contributed by atoms with E-state index in [0.717, 1.165) is 58.5 Å². The molecule has 0 saturated heterocycles. The van der Waals surface area contributed by atoms with Crippen LogP contribution in [-0.2, 0) is 28.8 Å². The molecule has 32 heavy (non-hydrogen) atoms. The molecule has 1 aliphatic carbocycles. The summed E-state index contributed by atoms with van der Waals surface area (Å²) in [6, 6.07) is 13.3. The van der Waals surface area contributed by atoms with Gasteiger partial charge in [-0.3, -0.25) is 9.78 Å². The molecule has 7 nitrogen and oxygen atoms in total. The molecule has 2 aromatic carbocycles. The van der Waals surface area contributed by atoms with Crippen molar-refractivity contribution in [1.82, 2.24) is 10.3 Å². The van der Waals surface area contributed by atoms with Crippen molar-refractivity contribution in [3.05, 3.63) is 64.8 Å². The zero-order chi connectivity index (χ0) is 21.9. The lowest BCUT2D eigenvalue weighted by atomic mass is 10.0. The Morgan fingerprint density at radius 2 is 1.88 bits per heavy atom. The number of hydrogen-bond acceptors (Lipinski definition) is 6. The molecule has 0 spiro atoms.